The van der Waals surface area contributed by atoms with Crippen LogP contribution in [-0.2, 0) is 0 Å². The van der Waals surface area contributed by atoms with E-state index in [0.717, 1.165) is 5.69 Å². The molecule has 0 saturated heterocycles. The molecule has 0 atom stereocenters. The lowest BCUT2D eigenvalue weighted by Crippen LogP contribution is -1.79. The first-order valence-electron chi connectivity index (χ1n) is 3.41. The zero-order valence-electron chi connectivity index (χ0n) is 6.08. The molecule has 0 saturated carbocycles. The Hall–Kier alpha value is -1.35. The van der Waals surface area contributed by atoms with Crippen molar-refractivity contribution >= 4 is 11.6 Å². The second kappa shape index (κ2) is 2.95. The Bertz CT molecular complexity index is 369. The number of hydrogen-bond acceptors (Lipinski definition) is 2. The molecule has 0 aromatic carbocycles. The van der Waals surface area contributed by atoms with Crippen LogP contribution in [0, 0.1) is 6.20 Å². The number of nitrogens with one attached hydrogen (secondary N) is 1. The number of nitrogens with zero attached hydrogens (tertiary/aromatic N) is 2. The standard InChI is InChI=1S/C8H5ClN3/c9-8-6(5-11-12-8)7-3-1-2-4-10-7/h1-4H,(H,11,12). The summed E-state index contributed by atoms with van der Waals surface area (Å²) in [6, 6.07) is 5.59. The lowest BCUT2D eigenvalue weighted by molar-refractivity contribution is 1.08. The van der Waals surface area contributed by atoms with Crippen molar-refractivity contribution in [3.05, 3.63) is 35.7 Å². The molecule has 0 spiro atoms. The van der Waals surface area contributed by atoms with Gasteiger partial charge in [-0.05, 0) is 12.1 Å². The largest absolute Gasteiger partial charge is 0.274 e. The summed E-state index contributed by atoms with van der Waals surface area (Å²) in [5, 5.41) is 6.68. The van der Waals surface area contributed by atoms with E-state index >= 15 is 0 Å². The lowest BCUT2D eigenvalue weighted by atomic mass is 10.2. The average molecular weight is 179 g/mol. The van der Waals surface area contributed by atoms with Gasteiger partial charge in [0.15, 0.2) is 5.15 Å². The fourth-order valence-corrected chi connectivity index (χ4v) is 1.11. The summed E-state index contributed by atoms with van der Waals surface area (Å²) in [4.78, 5) is 4.11. The van der Waals surface area contributed by atoms with Crippen LogP contribution in [0.5, 0.6) is 0 Å². The molecule has 2 aromatic rings. The highest BCUT2D eigenvalue weighted by Crippen LogP contribution is 2.21. The smallest absolute Gasteiger partial charge is 0.160 e. The van der Waals surface area contributed by atoms with E-state index in [-0.39, 0.29) is 0 Å². The Morgan fingerprint density at radius 1 is 1.42 bits per heavy atom. The third kappa shape index (κ3) is 1.19. The average Bonchev–Trinajstić information content (AvgIpc) is 2.53. The number of hydrogen-bond donors (Lipinski definition) is 1. The van der Waals surface area contributed by atoms with Crippen molar-refractivity contribution in [1.29, 1.82) is 0 Å². The SMILES string of the molecule is Clc1n[nH][c]c1-c1ccccn1. The van der Waals surface area contributed by atoms with Gasteiger partial charge in [0.2, 0.25) is 0 Å². The summed E-state index contributed by atoms with van der Waals surface area (Å²) in [7, 11) is 0. The molecular formula is C8H5ClN3. The number of halogens is 1. The van der Waals surface area contributed by atoms with Crippen molar-refractivity contribution in [2.45, 2.75) is 0 Å². The normalized spacial score (nSPS) is 10.1. The summed E-state index contributed by atoms with van der Waals surface area (Å²) in [5.74, 6) is 0. The van der Waals surface area contributed by atoms with Gasteiger partial charge in [-0.15, -0.1) is 0 Å². The van der Waals surface area contributed by atoms with Gasteiger partial charge in [0.05, 0.1) is 17.5 Å². The molecule has 3 nitrogen and oxygen atoms in total. The Morgan fingerprint density at radius 3 is 2.92 bits per heavy atom. The molecule has 0 aliphatic rings. The summed E-state index contributed by atoms with van der Waals surface area (Å²) in [5.41, 5.74) is 1.48. The van der Waals surface area contributed by atoms with E-state index in [1.165, 1.54) is 0 Å². The Morgan fingerprint density at radius 2 is 2.33 bits per heavy atom. The van der Waals surface area contributed by atoms with Gasteiger partial charge in [-0.1, -0.05) is 17.7 Å². The van der Waals surface area contributed by atoms with E-state index < -0.39 is 0 Å². The quantitative estimate of drug-likeness (QED) is 0.725. The molecule has 4 heteroatoms. The highest BCUT2D eigenvalue weighted by molar-refractivity contribution is 6.31. The molecule has 0 amide bonds. The predicted molar refractivity (Wildman–Crippen MR) is 45.7 cm³/mol. The summed E-state index contributed by atoms with van der Waals surface area (Å²) >= 11 is 5.76. The fraction of sp³-hybridized carbons (Fsp3) is 0. The minimum absolute atomic E-state index is 0.397. The van der Waals surface area contributed by atoms with Crippen molar-refractivity contribution in [3.63, 3.8) is 0 Å². The molecule has 2 heterocycles. The van der Waals surface area contributed by atoms with Crippen molar-refractivity contribution in [3.8, 4) is 11.3 Å². The molecule has 12 heavy (non-hydrogen) atoms. The van der Waals surface area contributed by atoms with Crippen LogP contribution >= 0.6 is 11.6 Å². The van der Waals surface area contributed by atoms with Crippen LogP contribution in [-0.4, -0.2) is 15.2 Å². The number of pyridine rings is 1. The van der Waals surface area contributed by atoms with E-state index in [9.17, 15) is 0 Å². The van der Waals surface area contributed by atoms with Crippen LogP contribution in [0.25, 0.3) is 11.3 Å². The lowest BCUT2D eigenvalue weighted by Gasteiger charge is -1.93. The predicted octanol–water partition coefficient (Wildman–Crippen LogP) is 1.93. The molecule has 0 bridgehead atoms. The summed E-state index contributed by atoms with van der Waals surface area (Å²) in [6.07, 6.45) is 4.49. The monoisotopic (exact) mass is 178 g/mol. The molecule has 0 fully saturated rings. The van der Waals surface area contributed by atoms with Gasteiger partial charge in [0.1, 0.15) is 0 Å². The fourth-order valence-electron chi connectivity index (χ4n) is 0.921. The zero-order chi connectivity index (χ0) is 8.39. The van der Waals surface area contributed by atoms with Gasteiger partial charge >= 0.3 is 0 Å². The zero-order valence-corrected chi connectivity index (χ0v) is 6.84. The van der Waals surface area contributed by atoms with Gasteiger partial charge in [0.25, 0.3) is 0 Å². The highest BCUT2D eigenvalue weighted by atomic mass is 35.5. The maximum Gasteiger partial charge on any atom is 0.160 e. The molecule has 0 unspecified atom stereocenters. The number of aromatic amines is 1. The second-order valence-electron chi connectivity index (χ2n) is 2.23. The first kappa shape index (κ1) is 7.31. The minimum Gasteiger partial charge on any atom is -0.274 e. The molecular weight excluding hydrogens is 174 g/mol. The summed E-state index contributed by atoms with van der Waals surface area (Å²) in [6.45, 7) is 0. The second-order valence-corrected chi connectivity index (χ2v) is 2.59. The van der Waals surface area contributed by atoms with Gasteiger partial charge in [-0.25, -0.2) is 0 Å². The Kier molecular flexibility index (Phi) is 1.80. The van der Waals surface area contributed by atoms with Crippen LogP contribution in [0.3, 0.4) is 0 Å². The molecule has 1 radical (unpaired) electrons. The number of aromatic nitrogens is 3. The maximum absolute atomic E-state index is 5.76. The summed E-state index contributed by atoms with van der Waals surface area (Å²) < 4.78 is 0. The topological polar surface area (TPSA) is 41.6 Å². The van der Waals surface area contributed by atoms with Crippen molar-refractivity contribution in [1.82, 2.24) is 15.2 Å². The van der Waals surface area contributed by atoms with Gasteiger partial charge in [-0.3, -0.25) is 10.1 Å². The molecule has 0 aliphatic heterocycles. The maximum atomic E-state index is 5.76. The molecule has 2 aromatic heterocycles. The van der Waals surface area contributed by atoms with Crippen LogP contribution in [0.2, 0.25) is 5.15 Å². The third-order valence-corrected chi connectivity index (χ3v) is 1.74. The molecule has 2 rings (SSSR count). The van der Waals surface area contributed by atoms with Gasteiger partial charge in [-0.2, -0.15) is 5.10 Å². The van der Waals surface area contributed by atoms with Crippen molar-refractivity contribution < 1.29 is 0 Å². The van der Waals surface area contributed by atoms with Crippen LogP contribution < -0.4 is 0 Å². The first-order chi connectivity index (χ1) is 5.88. The number of rotatable bonds is 1. The van der Waals surface area contributed by atoms with Gasteiger partial charge < -0.3 is 0 Å². The van der Waals surface area contributed by atoms with Crippen LogP contribution in [0.15, 0.2) is 24.4 Å². The highest BCUT2D eigenvalue weighted by Gasteiger charge is 2.05. The van der Waals surface area contributed by atoms with Crippen LogP contribution in [0.4, 0.5) is 0 Å². The molecule has 1 N–H and O–H groups in total. The molecule has 0 aliphatic carbocycles. The molecule has 59 valence electrons. The minimum atomic E-state index is 0.397. The van der Waals surface area contributed by atoms with E-state index in [0.29, 0.717) is 10.7 Å². The first-order valence-corrected chi connectivity index (χ1v) is 3.78. The van der Waals surface area contributed by atoms with Crippen LogP contribution in [0.1, 0.15) is 0 Å². The number of H-pyrrole nitrogens is 1. The van der Waals surface area contributed by atoms with E-state index in [1.54, 1.807) is 6.20 Å². The van der Waals surface area contributed by atoms with Crippen molar-refractivity contribution in [2.75, 3.05) is 0 Å². The van der Waals surface area contributed by atoms with E-state index in [1.807, 2.05) is 18.2 Å². The Labute approximate surface area is 74.4 Å². The Balaban J connectivity index is 2.51. The van der Waals surface area contributed by atoms with E-state index in [2.05, 4.69) is 21.4 Å². The van der Waals surface area contributed by atoms with Crippen molar-refractivity contribution in [2.24, 2.45) is 0 Å². The van der Waals surface area contributed by atoms with Gasteiger partial charge in [0, 0.05) is 6.20 Å². The van der Waals surface area contributed by atoms with E-state index in [4.69, 9.17) is 11.6 Å². The third-order valence-electron chi connectivity index (χ3n) is 1.46.